The first-order chi connectivity index (χ1) is 15.5. The number of rotatable bonds is 7. The van der Waals surface area contributed by atoms with E-state index >= 15 is 0 Å². The summed E-state index contributed by atoms with van der Waals surface area (Å²) in [5.74, 6) is 0.396. The topological polar surface area (TPSA) is 82.4 Å². The molecule has 3 heterocycles. The zero-order chi connectivity index (χ0) is 22.5. The van der Waals surface area contributed by atoms with Crippen LogP contribution in [-0.2, 0) is 0 Å². The fraction of sp³-hybridized carbons (Fsp3) is 0.417. The van der Waals surface area contributed by atoms with Crippen molar-refractivity contribution in [2.75, 3.05) is 26.2 Å². The lowest BCUT2D eigenvalue weighted by Gasteiger charge is -2.32. The predicted molar refractivity (Wildman–Crippen MR) is 127 cm³/mol. The van der Waals surface area contributed by atoms with E-state index in [-0.39, 0.29) is 6.03 Å². The Morgan fingerprint density at radius 3 is 2.69 bits per heavy atom. The Kier molecular flexibility index (Phi) is 7.29. The van der Waals surface area contributed by atoms with Crippen molar-refractivity contribution in [3.63, 3.8) is 0 Å². The van der Waals surface area contributed by atoms with Gasteiger partial charge < -0.3 is 19.9 Å². The Morgan fingerprint density at radius 1 is 1.22 bits per heavy atom. The first-order valence-corrected chi connectivity index (χ1v) is 11.6. The Morgan fingerprint density at radius 2 is 1.97 bits per heavy atom. The lowest BCUT2D eigenvalue weighted by molar-refractivity contribution is 0.156. The van der Waals surface area contributed by atoms with Gasteiger partial charge in [-0.15, -0.1) is 0 Å². The van der Waals surface area contributed by atoms with Gasteiger partial charge in [-0.3, -0.25) is 10.3 Å². The van der Waals surface area contributed by atoms with Crippen LogP contribution in [0.25, 0.3) is 16.6 Å². The number of amides is 2. The highest BCUT2D eigenvalue weighted by Crippen LogP contribution is 2.35. The molecular formula is C24H30ClN5O2. The van der Waals surface area contributed by atoms with Crippen LogP contribution in [0.1, 0.15) is 37.7 Å². The number of aromatic nitrogens is 2. The highest BCUT2D eigenvalue weighted by Gasteiger charge is 2.26. The van der Waals surface area contributed by atoms with Gasteiger partial charge in [-0.25, -0.2) is 4.79 Å². The molecule has 1 aromatic carbocycles. The number of hydrogen-bond acceptors (Lipinski definition) is 4. The van der Waals surface area contributed by atoms with Gasteiger partial charge in [-0.1, -0.05) is 11.6 Å². The molecule has 0 radical (unpaired) electrons. The molecule has 8 heteroatoms. The standard InChI is InChI=1S/C24H30ClN5O2/c1-17(31)27-10-2-11-28-24(32)29-13-8-18(9-14-29)22-16-30(20-5-3-19(25)4-6-20)23-15-26-12-7-21(22)23/h3-7,12,15-18,27,31H,2,8-11,13-14H2,1H3,(H,28,32). The summed E-state index contributed by atoms with van der Waals surface area (Å²) in [5.41, 5.74) is 3.44. The number of pyridine rings is 1. The molecule has 2 aromatic heterocycles. The van der Waals surface area contributed by atoms with Crippen LogP contribution in [0, 0.1) is 0 Å². The average Bonchev–Trinajstić information content (AvgIpc) is 3.19. The molecule has 0 aliphatic carbocycles. The summed E-state index contributed by atoms with van der Waals surface area (Å²) in [5, 5.41) is 17.1. The van der Waals surface area contributed by atoms with Gasteiger partial charge >= 0.3 is 6.03 Å². The van der Waals surface area contributed by atoms with Crippen molar-refractivity contribution < 1.29 is 9.90 Å². The number of urea groups is 1. The fourth-order valence-corrected chi connectivity index (χ4v) is 4.47. The summed E-state index contributed by atoms with van der Waals surface area (Å²) in [4.78, 5) is 18.7. The van der Waals surface area contributed by atoms with E-state index in [4.69, 9.17) is 11.6 Å². The number of aliphatic hydroxyl groups excluding tert-OH is 1. The van der Waals surface area contributed by atoms with Crippen molar-refractivity contribution in [1.29, 1.82) is 0 Å². The van der Waals surface area contributed by atoms with Crippen LogP contribution in [0.15, 0.2) is 48.9 Å². The summed E-state index contributed by atoms with van der Waals surface area (Å²) in [6.07, 6.45) is 8.08. The lowest BCUT2D eigenvalue weighted by Crippen LogP contribution is -2.44. The molecule has 0 bridgehead atoms. The second kappa shape index (κ2) is 10.3. The largest absolute Gasteiger partial charge is 0.379 e. The third-order valence-electron chi connectivity index (χ3n) is 6.04. The van der Waals surface area contributed by atoms with E-state index in [0.29, 0.717) is 24.0 Å². The van der Waals surface area contributed by atoms with Gasteiger partial charge in [0, 0.05) is 48.1 Å². The SMILES string of the molecule is CC(O)NCCCNC(=O)N1CCC(c2cn(-c3ccc(Cl)cc3)c3cnccc23)CC1. The Hall–Kier alpha value is -2.61. The van der Waals surface area contributed by atoms with Crippen molar-refractivity contribution in [3.8, 4) is 5.69 Å². The van der Waals surface area contributed by atoms with E-state index in [1.165, 1.54) is 10.9 Å². The quantitative estimate of drug-likeness (QED) is 0.373. The van der Waals surface area contributed by atoms with Crippen LogP contribution in [0.2, 0.25) is 5.02 Å². The molecule has 1 aliphatic heterocycles. The first kappa shape index (κ1) is 22.6. The number of aliphatic hydroxyl groups is 1. The van der Waals surface area contributed by atoms with Crippen LogP contribution in [0.5, 0.6) is 0 Å². The average molecular weight is 456 g/mol. The highest BCUT2D eigenvalue weighted by atomic mass is 35.5. The third-order valence-corrected chi connectivity index (χ3v) is 6.29. The molecule has 2 amide bonds. The molecule has 170 valence electrons. The van der Waals surface area contributed by atoms with Crippen LogP contribution >= 0.6 is 11.6 Å². The molecule has 1 fully saturated rings. The van der Waals surface area contributed by atoms with Crippen molar-refractivity contribution in [2.24, 2.45) is 0 Å². The van der Waals surface area contributed by atoms with Crippen LogP contribution in [0.4, 0.5) is 4.79 Å². The molecule has 1 unspecified atom stereocenters. The molecule has 7 nitrogen and oxygen atoms in total. The van der Waals surface area contributed by atoms with Gasteiger partial charge in [0.15, 0.2) is 0 Å². The van der Waals surface area contributed by atoms with Gasteiger partial charge in [0.1, 0.15) is 6.23 Å². The number of hydrogen-bond donors (Lipinski definition) is 3. The molecule has 3 aromatic rings. The fourth-order valence-electron chi connectivity index (χ4n) is 4.34. The van der Waals surface area contributed by atoms with E-state index in [1.807, 2.05) is 41.6 Å². The maximum Gasteiger partial charge on any atom is 0.317 e. The van der Waals surface area contributed by atoms with E-state index in [2.05, 4.69) is 32.4 Å². The molecule has 1 aliphatic rings. The van der Waals surface area contributed by atoms with Crippen LogP contribution < -0.4 is 10.6 Å². The number of piperidine rings is 1. The maximum atomic E-state index is 12.5. The third kappa shape index (κ3) is 5.23. The normalized spacial score (nSPS) is 15.8. The van der Waals surface area contributed by atoms with Gasteiger partial charge in [0.2, 0.25) is 0 Å². The molecule has 0 spiro atoms. The molecule has 3 N–H and O–H groups in total. The Bertz CT molecular complexity index is 1040. The van der Waals surface area contributed by atoms with Crippen LogP contribution in [0.3, 0.4) is 0 Å². The number of nitrogens with zero attached hydrogens (tertiary/aromatic N) is 3. The van der Waals surface area contributed by atoms with E-state index in [9.17, 15) is 9.90 Å². The minimum absolute atomic E-state index is 0.00621. The Labute approximate surface area is 193 Å². The molecule has 1 atom stereocenters. The minimum atomic E-state index is -0.522. The van der Waals surface area contributed by atoms with Gasteiger partial charge in [-0.2, -0.15) is 0 Å². The minimum Gasteiger partial charge on any atom is -0.379 e. The predicted octanol–water partition coefficient (Wildman–Crippen LogP) is 3.89. The first-order valence-electron chi connectivity index (χ1n) is 11.2. The Balaban J connectivity index is 1.40. The van der Waals surface area contributed by atoms with Crippen molar-refractivity contribution >= 4 is 28.5 Å². The number of fused-ring (bicyclic) bond motifs is 1. The van der Waals surface area contributed by atoms with Crippen molar-refractivity contribution in [1.82, 2.24) is 25.1 Å². The van der Waals surface area contributed by atoms with Crippen molar-refractivity contribution in [3.05, 3.63) is 59.5 Å². The van der Waals surface area contributed by atoms with E-state index < -0.39 is 6.23 Å². The monoisotopic (exact) mass is 455 g/mol. The van der Waals surface area contributed by atoms with Crippen molar-refractivity contribution in [2.45, 2.75) is 38.3 Å². The summed E-state index contributed by atoms with van der Waals surface area (Å²) >= 11 is 6.07. The van der Waals surface area contributed by atoms with Gasteiger partial charge in [0.25, 0.3) is 0 Å². The number of carbonyl (C=O) groups is 1. The summed E-state index contributed by atoms with van der Waals surface area (Å²) in [7, 11) is 0. The van der Waals surface area contributed by atoms with Crippen LogP contribution in [-0.4, -0.2) is 58.0 Å². The second-order valence-corrected chi connectivity index (χ2v) is 8.74. The number of benzene rings is 1. The van der Waals surface area contributed by atoms with E-state index in [1.54, 1.807) is 6.92 Å². The molecule has 0 saturated carbocycles. The summed E-state index contributed by atoms with van der Waals surface area (Å²) in [6.45, 7) is 4.43. The number of likely N-dealkylation sites (tertiary alicyclic amines) is 1. The lowest BCUT2D eigenvalue weighted by atomic mass is 9.89. The molecule has 1 saturated heterocycles. The zero-order valence-electron chi connectivity index (χ0n) is 18.3. The number of carbonyl (C=O) groups excluding carboxylic acids is 1. The molecule has 32 heavy (non-hydrogen) atoms. The maximum absolute atomic E-state index is 12.5. The van der Waals surface area contributed by atoms with E-state index in [0.717, 1.165) is 43.6 Å². The number of nitrogens with one attached hydrogen (secondary N) is 2. The molecule has 4 rings (SSSR count). The number of halogens is 1. The highest BCUT2D eigenvalue weighted by molar-refractivity contribution is 6.30. The second-order valence-electron chi connectivity index (χ2n) is 8.30. The summed E-state index contributed by atoms with van der Waals surface area (Å²) in [6, 6.07) is 9.91. The zero-order valence-corrected chi connectivity index (χ0v) is 19.1. The van der Waals surface area contributed by atoms with Gasteiger partial charge in [-0.05, 0) is 74.5 Å². The smallest absolute Gasteiger partial charge is 0.317 e. The van der Waals surface area contributed by atoms with Gasteiger partial charge in [0.05, 0.1) is 11.7 Å². The molecular weight excluding hydrogens is 426 g/mol. The summed E-state index contributed by atoms with van der Waals surface area (Å²) < 4.78 is 2.17.